The number of rotatable bonds is 12. The minimum Gasteiger partial charge on any atom is -0.496 e. The van der Waals surface area contributed by atoms with Gasteiger partial charge in [0.05, 0.1) is 48.2 Å². The molecule has 0 saturated carbocycles. The van der Waals surface area contributed by atoms with Crippen LogP contribution in [0.25, 0.3) is 12.2 Å². The molecule has 0 fully saturated rings. The molecule has 8 nitrogen and oxygen atoms in total. The summed E-state index contributed by atoms with van der Waals surface area (Å²) in [5.41, 5.74) is 2.79. The fourth-order valence-corrected chi connectivity index (χ4v) is 3.69. The van der Waals surface area contributed by atoms with E-state index in [-0.39, 0.29) is 5.78 Å². The lowest BCUT2D eigenvalue weighted by molar-refractivity contribution is 0.104. The summed E-state index contributed by atoms with van der Waals surface area (Å²) in [4.78, 5) is 12.7. The second kappa shape index (κ2) is 12.9. The zero-order valence-corrected chi connectivity index (χ0v) is 21.8. The molecule has 0 aromatic heterocycles. The number of benzene rings is 3. The van der Waals surface area contributed by atoms with Gasteiger partial charge in [-0.25, -0.2) is 0 Å². The van der Waals surface area contributed by atoms with Gasteiger partial charge in [-0.15, -0.1) is 0 Å². The van der Waals surface area contributed by atoms with Crippen molar-refractivity contribution in [3.63, 3.8) is 0 Å². The van der Waals surface area contributed by atoms with Gasteiger partial charge < -0.3 is 33.7 Å². The van der Waals surface area contributed by atoms with Gasteiger partial charge >= 0.3 is 0 Å². The summed E-state index contributed by atoms with van der Waals surface area (Å²) < 4.78 is 32.5. The molecular formula is C29H31NO7. The zero-order valence-electron chi connectivity index (χ0n) is 21.8. The van der Waals surface area contributed by atoms with Crippen LogP contribution in [-0.2, 0) is 0 Å². The lowest BCUT2D eigenvalue weighted by Crippen LogP contribution is -2.00. The van der Waals surface area contributed by atoms with Crippen molar-refractivity contribution in [1.82, 2.24) is 0 Å². The van der Waals surface area contributed by atoms with Crippen molar-refractivity contribution >= 4 is 23.6 Å². The largest absolute Gasteiger partial charge is 0.496 e. The van der Waals surface area contributed by atoms with Gasteiger partial charge in [-0.1, -0.05) is 24.3 Å². The van der Waals surface area contributed by atoms with E-state index in [1.165, 1.54) is 13.2 Å². The maximum Gasteiger partial charge on any atom is 0.203 e. The Kier molecular flexibility index (Phi) is 9.43. The third kappa shape index (κ3) is 6.35. The first-order valence-corrected chi connectivity index (χ1v) is 11.3. The highest BCUT2D eigenvalue weighted by Gasteiger charge is 2.13. The Labute approximate surface area is 217 Å². The van der Waals surface area contributed by atoms with Crippen molar-refractivity contribution in [3.05, 3.63) is 77.5 Å². The third-order valence-electron chi connectivity index (χ3n) is 5.54. The molecule has 0 unspecified atom stereocenters. The number of carbonyl (C=O) groups is 1. The molecule has 0 bridgehead atoms. The van der Waals surface area contributed by atoms with Crippen LogP contribution in [0.3, 0.4) is 0 Å². The van der Waals surface area contributed by atoms with Gasteiger partial charge in [-0.3, -0.25) is 4.79 Å². The van der Waals surface area contributed by atoms with Crippen LogP contribution in [0.4, 0.5) is 5.69 Å². The number of para-hydroxylation sites is 1. The van der Waals surface area contributed by atoms with E-state index in [2.05, 4.69) is 5.32 Å². The molecule has 0 amide bonds. The van der Waals surface area contributed by atoms with Crippen LogP contribution in [-0.4, -0.2) is 48.4 Å². The predicted molar refractivity (Wildman–Crippen MR) is 145 cm³/mol. The average Bonchev–Trinajstić information content (AvgIpc) is 2.95. The van der Waals surface area contributed by atoms with Gasteiger partial charge in [-0.05, 0) is 35.9 Å². The molecule has 0 heterocycles. The van der Waals surface area contributed by atoms with E-state index in [1.54, 1.807) is 66.0 Å². The lowest BCUT2D eigenvalue weighted by atomic mass is 10.1. The molecular weight excluding hydrogens is 474 g/mol. The van der Waals surface area contributed by atoms with Crippen LogP contribution in [0.15, 0.2) is 60.8 Å². The Balaban J connectivity index is 1.95. The maximum atomic E-state index is 12.7. The molecule has 37 heavy (non-hydrogen) atoms. The molecule has 3 rings (SSSR count). The first-order chi connectivity index (χ1) is 18.0. The van der Waals surface area contributed by atoms with Gasteiger partial charge in [0, 0.05) is 29.6 Å². The zero-order chi connectivity index (χ0) is 26.8. The van der Waals surface area contributed by atoms with Gasteiger partial charge in [0.15, 0.2) is 28.8 Å². The number of anilines is 1. The number of ketones is 1. The normalized spacial score (nSPS) is 10.9. The second-order valence-corrected chi connectivity index (χ2v) is 7.63. The molecule has 3 aromatic rings. The van der Waals surface area contributed by atoms with Crippen LogP contribution in [0.5, 0.6) is 34.5 Å². The smallest absolute Gasteiger partial charge is 0.203 e. The molecule has 0 radical (unpaired) electrons. The molecule has 0 aliphatic heterocycles. The fourth-order valence-electron chi connectivity index (χ4n) is 3.69. The summed E-state index contributed by atoms with van der Waals surface area (Å²) >= 11 is 0. The summed E-state index contributed by atoms with van der Waals surface area (Å²) in [6.07, 6.45) is 6.83. The number of hydrogen-bond acceptors (Lipinski definition) is 8. The van der Waals surface area contributed by atoms with E-state index in [0.717, 1.165) is 11.1 Å². The monoisotopic (exact) mass is 505 g/mol. The molecule has 0 saturated heterocycles. The molecule has 194 valence electrons. The Hall–Kier alpha value is -4.59. The summed E-state index contributed by atoms with van der Waals surface area (Å²) in [5, 5.41) is 3.18. The van der Waals surface area contributed by atoms with Crippen molar-refractivity contribution < 1.29 is 33.2 Å². The molecule has 8 heteroatoms. The van der Waals surface area contributed by atoms with E-state index in [1.807, 2.05) is 36.4 Å². The standard InChI is InChI=1S/C29H31NO7/c1-32-24-10-8-7-9-21(24)23(31)13-14-30-22-18-26(34-3)25(33-2)17-20(22)12-11-19-15-27(35-4)29(37-6)28(16-19)36-5/h7-18,30H,1-6H3. The van der Waals surface area contributed by atoms with Gasteiger partial charge in [0.2, 0.25) is 5.75 Å². The second-order valence-electron chi connectivity index (χ2n) is 7.63. The maximum absolute atomic E-state index is 12.7. The summed E-state index contributed by atoms with van der Waals surface area (Å²) in [7, 11) is 9.37. The van der Waals surface area contributed by atoms with Crippen molar-refractivity contribution in [2.75, 3.05) is 48.0 Å². The summed E-state index contributed by atoms with van der Waals surface area (Å²) in [6.45, 7) is 0. The average molecular weight is 506 g/mol. The van der Waals surface area contributed by atoms with E-state index < -0.39 is 0 Å². The van der Waals surface area contributed by atoms with Crippen LogP contribution < -0.4 is 33.7 Å². The van der Waals surface area contributed by atoms with Crippen molar-refractivity contribution in [3.8, 4) is 34.5 Å². The molecule has 0 aliphatic carbocycles. The fraction of sp³-hybridized carbons (Fsp3) is 0.207. The number of allylic oxidation sites excluding steroid dienone is 1. The highest BCUT2D eigenvalue weighted by Crippen LogP contribution is 2.39. The van der Waals surface area contributed by atoms with E-state index in [4.69, 9.17) is 28.4 Å². The van der Waals surface area contributed by atoms with Crippen LogP contribution >= 0.6 is 0 Å². The van der Waals surface area contributed by atoms with Crippen LogP contribution in [0, 0.1) is 0 Å². The minimum absolute atomic E-state index is 0.194. The predicted octanol–water partition coefficient (Wildman–Crippen LogP) is 5.72. The molecule has 1 N–H and O–H groups in total. The van der Waals surface area contributed by atoms with Gasteiger partial charge in [-0.2, -0.15) is 0 Å². The highest BCUT2D eigenvalue weighted by molar-refractivity contribution is 6.06. The highest BCUT2D eigenvalue weighted by atomic mass is 16.5. The van der Waals surface area contributed by atoms with E-state index >= 15 is 0 Å². The van der Waals surface area contributed by atoms with E-state index in [0.29, 0.717) is 45.7 Å². The molecule has 0 aliphatic rings. The summed E-state index contributed by atoms with van der Waals surface area (Å²) in [5.74, 6) is 3.03. The molecule has 0 atom stereocenters. The number of nitrogens with one attached hydrogen (secondary N) is 1. The SMILES string of the molecule is COc1cc(C=Cc2cc(OC)c(OC)c(OC)c2)c(NC=CC(=O)c2ccccc2OC)cc1OC. The molecule has 0 spiro atoms. The number of carbonyl (C=O) groups excluding carboxylic acids is 1. The third-order valence-corrected chi connectivity index (χ3v) is 5.54. The first kappa shape index (κ1) is 27.0. The Bertz CT molecular complexity index is 1270. The first-order valence-electron chi connectivity index (χ1n) is 11.3. The summed E-state index contributed by atoms with van der Waals surface area (Å²) in [6, 6.07) is 14.4. The van der Waals surface area contributed by atoms with Crippen molar-refractivity contribution in [2.24, 2.45) is 0 Å². The number of ether oxygens (including phenoxy) is 6. The Morgan fingerprint density at radius 1 is 0.676 bits per heavy atom. The van der Waals surface area contributed by atoms with E-state index in [9.17, 15) is 4.79 Å². The topological polar surface area (TPSA) is 84.5 Å². The van der Waals surface area contributed by atoms with Gasteiger partial charge in [0.25, 0.3) is 0 Å². The minimum atomic E-state index is -0.194. The number of hydrogen-bond donors (Lipinski definition) is 1. The number of methoxy groups -OCH3 is 6. The molecule has 3 aromatic carbocycles. The Morgan fingerprint density at radius 3 is 1.86 bits per heavy atom. The van der Waals surface area contributed by atoms with Crippen LogP contribution in [0.2, 0.25) is 0 Å². The quantitative estimate of drug-likeness (QED) is 0.190. The van der Waals surface area contributed by atoms with Crippen molar-refractivity contribution in [2.45, 2.75) is 0 Å². The Morgan fingerprint density at radius 2 is 1.27 bits per heavy atom. The van der Waals surface area contributed by atoms with Gasteiger partial charge in [0.1, 0.15) is 5.75 Å². The van der Waals surface area contributed by atoms with Crippen molar-refractivity contribution in [1.29, 1.82) is 0 Å². The lowest BCUT2D eigenvalue weighted by Gasteiger charge is -2.14. The van der Waals surface area contributed by atoms with Crippen LogP contribution in [0.1, 0.15) is 21.5 Å².